The van der Waals surface area contributed by atoms with Crippen molar-refractivity contribution in [3.8, 4) is 0 Å². The zero-order valence-corrected chi connectivity index (χ0v) is 8.44. The van der Waals surface area contributed by atoms with Gasteiger partial charge in [0.1, 0.15) is 5.78 Å². The van der Waals surface area contributed by atoms with Crippen molar-refractivity contribution in [2.75, 3.05) is 19.6 Å². The molecule has 0 saturated carbocycles. The van der Waals surface area contributed by atoms with Gasteiger partial charge in [0.15, 0.2) is 0 Å². The van der Waals surface area contributed by atoms with Crippen molar-refractivity contribution >= 4 is 5.78 Å². The minimum absolute atomic E-state index is 0.360. The molecular formula is C10H20N2O. The number of hydrogen-bond donors (Lipinski definition) is 2. The first-order valence-electron chi connectivity index (χ1n) is 5.28. The first-order chi connectivity index (χ1) is 6.33. The smallest absolute Gasteiger partial charge is 0.148 e. The minimum Gasteiger partial charge on any atom is -0.317 e. The maximum absolute atomic E-state index is 10.9. The summed E-state index contributed by atoms with van der Waals surface area (Å²) in [5, 5.41) is 6.58. The van der Waals surface area contributed by atoms with Crippen LogP contribution >= 0.6 is 0 Å². The van der Waals surface area contributed by atoms with E-state index in [4.69, 9.17) is 0 Å². The van der Waals surface area contributed by atoms with Gasteiger partial charge >= 0.3 is 0 Å². The van der Waals surface area contributed by atoms with Crippen LogP contribution in [0, 0.1) is 0 Å². The quantitative estimate of drug-likeness (QED) is 0.597. The van der Waals surface area contributed by atoms with E-state index in [-0.39, 0.29) is 0 Å². The second-order valence-corrected chi connectivity index (χ2v) is 3.71. The molecule has 0 spiro atoms. The van der Waals surface area contributed by atoms with Crippen molar-refractivity contribution in [3.63, 3.8) is 0 Å². The Balaban J connectivity index is 1.91. The summed E-state index contributed by atoms with van der Waals surface area (Å²) in [6.45, 7) is 4.92. The summed E-state index contributed by atoms with van der Waals surface area (Å²) in [5.74, 6) is 0.360. The average molecular weight is 184 g/mol. The van der Waals surface area contributed by atoms with E-state index in [1.165, 1.54) is 12.8 Å². The van der Waals surface area contributed by atoms with Crippen LogP contribution in [-0.4, -0.2) is 31.5 Å². The van der Waals surface area contributed by atoms with Crippen molar-refractivity contribution in [3.05, 3.63) is 0 Å². The van der Waals surface area contributed by atoms with Gasteiger partial charge in [-0.1, -0.05) is 13.3 Å². The third kappa shape index (κ3) is 4.39. The molecule has 0 radical (unpaired) electrons. The van der Waals surface area contributed by atoms with Gasteiger partial charge in [-0.25, -0.2) is 0 Å². The SMILES string of the molecule is CCCCNCCC1CC(=O)CN1. The van der Waals surface area contributed by atoms with Gasteiger partial charge < -0.3 is 10.6 Å². The summed E-state index contributed by atoms with van der Waals surface area (Å²) in [4.78, 5) is 10.9. The lowest BCUT2D eigenvalue weighted by Gasteiger charge is -2.09. The van der Waals surface area contributed by atoms with Gasteiger partial charge in [0.05, 0.1) is 6.54 Å². The number of Topliss-reactive ketones (excluding diaryl/α,β-unsaturated/α-hetero) is 1. The van der Waals surface area contributed by atoms with Crippen molar-refractivity contribution < 1.29 is 4.79 Å². The lowest BCUT2D eigenvalue weighted by Crippen LogP contribution is -2.27. The molecule has 1 rings (SSSR count). The average Bonchev–Trinajstić information content (AvgIpc) is 2.51. The first-order valence-corrected chi connectivity index (χ1v) is 5.28. The highest BCUT2D eigenvalue weighted by atomic mass is 16.1. The Labute approximate surface area is 80.3 Å². The molecule has 0 aliphatic carbocycles. The van der Waals surface area contributed by atoms with Gasteiger partial charge in [0, 0.05) is 12.5 Å². The van der Waals surface area contributed by atoms with E-state index in [0.29, 0.717) is 18.4 Å². The van der Waals surface area contributed by atoms with Crippen LogP contribution in [0.15, 0.2) is 0 Å². The third-order valence-electron chi connectivity index (χ3n) is 2.44. The zero-order valence-electron chi connectivity index (χ0n) is 8.44. The molecule has 76 valence electrons. The van der Waals surface area contributed by atoms with Crippen LogP contribution in [0.2, 0.25) is 0 Å². The van der Waals surface area contributed by atoms with Crippen LogP contribution in [0.3, 0.4) is 0 Å². The number of ketones is 1. The molecule has 0 aromatic heterocycles. The van der Waals surface area contributed by atoms with Crippen LogP contribution in [0.4, 0.5) is 0 Å². The summed E-state index contributed by atoms with van der Waals surface area (Å²) >= 11 is 0. The molecule has 1 unspecified atom stereocenters. The maximum Gasteiger partial charge on any atom is 0.148 e. The summed E-state index contributed by atoms with van der Waals surface area (Å²) in [7, 11) is 0. The Hall–Kier alpha value is -0.410. The van der Waals surface area contributed by atoms with Crippen molar-refractivity contribution in [1.82, 2.24) is 10.6 Å². The number of rotatable bonds is 6. The molecule has 1 saturated heterocycles. The maximum atomic E-state index is 10.9. The first kappa shape index (κ1) is 10.7. The zero-order chi connectivity index (χ0) is 9.52. The monoisotopic (exact) mass is 184 g/mol. The minimum atomic E-state index is 0.360. The second kappa shape index (κ2) is 6.11. The molecule has 1 fully saturated rings. The molecule has 0 aromatic rings. The molecule has 1 aliphatic rings. The number of hydrogen-bond acceptors (Lipinski definition) is 3. The number of carbonyl (C=O) groups excluding carboxylic acids is 1. The van der Waals surface area contributed by atoms with Crippen LogP contribution in [0.1, 0.15) is 32.6 Å². The molecule has 0 bridgehead atoms. The number of unbranched alkanes of at least 4 members (excludes halogenated alkanes) is 1. The molecule has 3 heteroatoms. The molecule has 1 aliphatic heterocycles. The second-order valence-electron chi connectivity index (χ2n) is 3.71. The number of nitrogens with one attached hydrogen (secondary N) is 2. The molecule has 2 N–H and O–H groups in total. The third-order valence-corrected chi connectivity index (χ3v) is 2.44. The fourth-order valence-corrected chi connectivity index (χ4v) is 1.58. The van der Waals surface area contributed by atoms with Crippen LogP contribution in [-0.2, 0) is 4.79 Å². The summed E-state index contributed by atoms with van der Waals surface area (Å²) in [5.41, 5.74) is 0. The Kier molecular flexibility index (Phi) is 5.01. The van der Waals surface area contributed by atoms with E-state index in [9.17, 15) is 4.79 Å². The Morgan fingerprint density at radius 2 is 2.38 bits per heavy atom. The topological polar surface area (TPSA) is 41.1 Å². The van der Waals surface area contributed by atoms with E-state index in [1.807, 2.05) is 0 Å². The fourth-order valence-electron chi connectivity index (χ4n) is 1.58. The number of carbonyl (C=O) groups is 1. The van der Waals surface area contributed by atoms with Gasteiger partial charge in [-0.2, -0.15) is 0 Å². The van der Waals surface area contributed by atoms with E-state index >= 15 is 0 Å². The van der Waals surface area contributed by atoms with Crippen molar-refractivity contribution in [1.29, 1.82) is 0 Å². The summed E-state index contributed by atoms with van der Waals surface area (Å²) < 4.78 is 0. The lowest BCUT2D eigenvalue weighted by atomic mass is 10.1. The van der Waals surface area contributed by atoms with E-state index in [2.05, 4.69) is 17.6 Å². The Bertz CT molecular complexity index is 159. The Morgan fingerprint density at radius 1 is 1.54 bits per heavy atom. The van der Waals surface area contributed by atoms with E-state index in [0.717, 1.165) is 25.9 Å². The fraction of sp³-hybridized carbons (Fsp3) is 0.900. The molecule has 0 aromatic carbocycles. The predicted octanol–water partition coefficient (Wildman–Crippen LogP) is 0.697. The van der Waals surface area contributed by atoms with Crippen LogP contribution in [0.25, 0.3) is 0 Å². The molecule has 0 amide bonds. The van der Waals surface area contributed by atoms with E-state index in [1.54, 1.807) is 0 Å². The van der Waals surface area contributed by atoms with Crippen molar-refractivity contribution in [2.24, 2.45) is 0 Å². The highest BCUT2D eigenvalue weighted by molar-refractivity contribution is 5.83. The van der Waals surface area contributed by atoms with Gasteiger partial charge in [-0.3, -0.25) is 4.79 Å². The van der Waals surface area contributed by atoms with Crippen LogP contribution in [0.5, 0.6) is 0 Å². The molecule has 1 heterocycles. The molecule has 3 nitrogen and oxygen atoms in total. The molecule has 1 atom stereocenters. The van der Waals surface area contributed by atoms with E-state index < -0.39 is 0 Å². The lowest BCUT2D eigenvalue weighted by molar-refractivity contribution is -0.116. The van der Waals surface area contributed by atoms with Gasteiger partial charge in [-0.05, 0) is 25.9 Å². The normalized spacial score (nSPS) is 22.5. The highest BCUT2D eigenvalue weighted by Gasteiger charge is 2.19. The highest BCUT2D eigenvalue weighted by Crippen LogP contribution is 2.04. The largest absolute Gasteiger partial charge is 0.317 e. The van der Waals surface area contributed by atoms with Gasteiger partial charge in [-0.15, -0.1) is 0 Å². The van der Waals surface area contributed by atoms with Crippen molar-refractivity contribution in [2.45, 2.75) is 38.6 Å². The summed E-state index contributed by atoms with van der Waals surface area (Å²) in [6.07, 6.45) is 4.30. The van der Waals surface area contributed by atoms with Gasteiger partial charge in [0.2, 0.25) is 0 Å². The Morgan fingerprint density at radius 3 is 3.00 bits per heavy atom. The predicted molar refractivity (Wildman–Crippen MR) is 53.8 cm³/mol. The summed E-state index contributed by atoms with van der Waals surface area (Å²) in [6, 6.07) is 0.432. The van der Waals surface area contributed by atoms with Crippen LogP contribution < -0.4 is 10.6 Å². The van der Waals surface area contributed by atoms with Gasteiger partial charge in [0.25, 0.3) is 0 Å². The molecular weight excluding hydrogens is 164 g/mol. The standard InChI is InChI=1S/C10H20N2O/c1-2-3-5-11-6-4-9-7-10(13)8-12-9/h9,11-12H,2-8H2,1H3. The molecule has 13 heavy (non-hydrogen) atoms.